The molecule has 94 valence electrons. The lowest BCUT2D eigenvalue weighted by Crippen LogP contribution is -2.47. The molecule has 2 rings (SSSR count). The fraction of sp³-hybridized carbons (Fsp3) is 0.583. The van der Waals surface area contributed by atoms with E-state index in [1.165, 1.54) is 0 Å². The van der Waals surface area contributed by atoms with Crippen molar-refractivity contribution >= 4 is 21.8 Å². The van der Waals surface area contributed by atoms with Gasteiger partial charge in [-0.1, -0.05) is 0 Å². The van der Waals surface area contributed by atoms with Gasteiger partial charge in [0.25, 0.3) is 0 Å². The van der Waals surface area contributed by atoms with Crippen LogP contribution < -0.4 is 5.32 Å². The van der Waals surface area contributed by atoms with Crippen LogP contribution in [-0.2, 0) is 4.79 Å². The van der Waals surface area contributed by atoms with Gasteiger partial charge in [-0.3, -0.25) is 4.79 Å². The molecule has 0 saturated carbocycles. The molecule has 2 unspecified atom stereocenters. The molecule has 1 aliphatic heterocycles. The quantitative estimate of drug-likeness (QED) is 0.932. The van der Waals surface area contributed by atoms with Gasteiger partial charge in [-0.15, -0.1) is 0 Å². The zero-order valence-corrected chi connectivity index (χ0v) is 11.7. The Labute approximate surface area is 109 Å². The smallest absolute Gasteiger partial charge is 0.222 e. The normalized spacial score (nSPS) is 22.9. The van der Waals surface area contributed by atoms with Crippen LogP contribution in [0.15, 0.2) is 21.2 Å². The first kappa shape index (κ1) is 12.6. The molecule has 1 fully saturated rings. The summed E-state index contributed by atoms with van der Waals surface area (Å²) in [5.41, 5.74) is 0. The monoisotopic (exact) mass is 300 g/mol. The Morgan fingerprint density at radius 3 is 2.94 bits per heavy atom. The van der Waals surface area contributed by atoms with E-state index in [-0.39, 0.29) is 11.9 Å². The van der Waals surface area contributed by atoms with Gasteiger partial charge in [0, 0.05) is 26.1 Å². The number of hydrogen-bond donors (Lipinski definition) is 1. The second-order valence-corrected chi connectivity index (χ2v) is 5.32. The van der Waals surface area contributed by atoms with Gasteiger partial charge in [-0.25, -0.2) is 0 Å². The minimum absolute atomic E-state index is 0.160. The van der Waals surface area contributed by atoms with E-state index in [1.807, 2.05) is 19.2 Å². The lowest BCUT2D eigenvalue weighted by Gasteiger charge is -2.31. The number of nitrogens with zero attached hydrogens (tertiary/aromatic N) is 1. The van der Waals surface area contributed by atoms with Crippen molar-refractivity contribution < 1.29 is 9.21 Å². The van der Waals surface area contributed by atoms with Gasteiger partial charge in [0.1, 0.15) is 5.76 Å². The van der Waals surface area contributed by atoms with Gasteiger partial charge in [0.2, 0.25) is 5.91 Å². The van der Waals surface area contributed by atoms with E-state index < -0.39 is 0 Å². The number of hydrogen-bond acceptors (Lipinski definition) is 3. The Hall–Kier alpha value is -0.810. The van der Waals surface area contributed by atoms with Crippen molar-refractivity contribution in [2.24, 2.45) is 0 Å². The van der Waals surface area contributed by atoms with E-state index in [2.05, 4.69) is 28.2 Å². The number of piperidine rings is 1. The molecule has 17 heavy (non-hydrogen) atoms. The molecule has 1 aromatic heterocycles. The first-order chi connectivity index (χ1) is 8.06. The summed E-state index contributed by atoms with van der Waals surface area (Å²) in [5, 5.41) is 3.49. The Bertz CT molecular complexity index is 405. The summed E-state index contributed by atoms with van der Waals surface area (Å²) in [6, 6.07) is 4.35. The van der Waals surface area contributed by atoms with Crippen molar-refractivity contribution in [3.63, 3.8) is 0 Å². The van der Waals surface area contributed by atoms with Crippen LogP contribution in [0.4, 0.5) is 0 Å². The average Bonchev–Trinajstić information content (AvgIpc) is 2.70. The van der Waals surface area contributed by atoms with E-state index in [0.29, 0.717) is 12.5 Å². The summed E-state index contributed by atoms with van der Waals surface area (Å²) in [5.74, 6) is 1.15. The van der Waals surface area contributed by atoms with Crippen LogP contribution >= 0.6 is 15.9 Å². The second kappa shape index (κ2) is 5.23. The number of nitrogens with one attached hydrogen (secondary N) is 1. The Balaban J connectivity index is 1.91. The summed E-state index contributed by atoms with van der Waals surface area (Å²) in [6.07, 6.45) is 1.53. The fourth-order valence-corrected chi connectivity index (χ4v) is 2.46. The van der Waals surface area contributed by atoms with Gasteiger partial charge < -0.3 is 14.6 Å². The molecule has 4 nitrogen and oxygen atoms in total. The highest BCUT2D eigenvalue weighted by Crippen LogP contribution is 2.21. The molecule has 1 N–H and O–H groups in total. The van der Waals surface area contributed by atoms with Crippen LogP contribution in [0.2, 0.25) is 0 Å². The van der Waals surface area contributed by atoms with Crippen molar-refractivity contribution in [3.8, 4) is 0 Å². The van der Waals surface area contributed by atoms with Crippen LogP contribution in [0.3, 0.4) is 0 Å². The number of likely N-dealkylation sites (N-methyl/N-ethyl adjacent to an activating group) is 1. The minimum atomic E-state index is 0.160. The van der Waals surface area contributed by atoms with Crippen LogP contribution in [0.1, 0.15) is 31.6 Å². The molecule has 1 aliphatic rings. The number of furan rings is 1. The number of halogens is 1. The van der Waals surface area contributed by atoms with Gasteiger partial charge in [0.05, 0.1) is 6.04 Å². The highest BCUT2D eigenvalue weighted by Gasteiger charge is 2.24. The largest absolute Gasteiger partial charge is 0.453 e. The number of carbonyl (C=O) groups excluding carboxylic acids is 1. The predicted octanol–water partition coefficient (Wildman–Crippen LogP) is 2.31. The number of likely N-dealkylation sites (tertiary alicyclic amines) is 1. The second-order valence-electron chi connectivity index (χ2n) is 4.54. The molecule has 1 aromatic rings. The first-order valence-electron chi connectivity index (χ1n) is 5.81. The molecule has 5 heteroatoms. The highest BCUT2D eigenvalue weighted by molar-refractivity contribution is 9.10. The van der Waals surface area contributed by atoms with E-state index in [9.17, 15) is 4.79 Å². The first-order valence-corrected chi connectivity index (χ1v) is 6.61. The number of carbonyl (C=O) groups is 1. The van der Waals surface area contributed by atoms with E-state index in [0.717, 1.165) is 23.4 Å². The molecular formula is C12H17BrN2O2. The van der Waals surface area contributed by atoms with Crippen LogP contribution in [0, 0.1) is 0 Å². The fourth-order valence-electron chi connectivity index (χ4n) is 2.14. The lowest BCUT2D eigenvalue weighted by molar-refractivity contribution is -0.132. The van der Waals surface area contributed by atoms with Crippen molar-refractivity contribution in [3.05, 3.63) is 22.6 Å². The summed E-state index contributed by atoms with van der Waals surface area (Å²) >= 11 is 3.30. The molecule has 2 heterocycles. The molecule has 0 aromatic carbocycles. The average molecular weight is 301 g/mol. The Morgan fingerprint density at radius 2 is 2.35 bits per heavy atom. The van der Waals surface area contributed by atoms with Crippen LogP contribution in [0.5, 0.6) is 0 Å². The third kappa shape index (κ3) is 3.10. The lowest BCUT2D eigenvalue weighted by atomic mass is 10.0. The minimum Gasteiger partial charge on any atom is -0.453 e. The zero-order valence-electron chi connectivity index (χ0n) is 10.1. The van der Waals surface area contributed by atoms with Crippen LogP contribution in [-0.4, -0.2) is 30.4 Å². The summed E-state index contributed by atoms with van der Waals surface area (Å²) < 4.78 is 6.26. The molecule has 1 amide bonds. The Kier molecular flexibility index (Phi) is 3.89. The SMILES string of the molecule is CC(NC1CCC(=O)N(C)C1)c1ccc(Br)o1. The van der Waals surface area contributed by atoms with Crippen molar-refractivity contribution in [2.45, 2.75) is 31.8 Å². The van der Waals surface area contributed by atoms with Crippen molar-refractivity contribution in [2.75, 3.05) is 13.6 Å². The summed E-state index contributed by atoms with van der Waals surface area (Å²) in [6.45, 7) is 2.84. The number of rotatable bonds is 3. The Morgan fingerprint density at radius 1 is 1.59 bits per heavy atom. The van der Waals surface area contributed by atoms with Crippen molar-refractivity contribution in [1.29, 1.82) is 0 Å². The van der Waals surface area contributed by atoms with Crippen LogP contribution in [0.25, 0.3) is 0 Å². The maximum Gasteiger partial charge on any atom is 0.222 e. The van der Waals surface area contributed by atoms with E-state index in [1.54, 1.807) is 4.90 Å². The molecule has 0 bridgehead atoms. The van der Waals surface area contributed by atoms with Gasteiger partial charge >= 0.3 is 0 Å². The molecule has 1 saturated heterocycles. The van der Waals surface area contributed by atoms with Gasteiger partial charge in [-0.2, -0.15) is 0 Å². The topological polar surface area (TPSA) is 45.5 Å². The molecular weight excluding hydrogens is 284 g/mol. The molecule has 0 aliphatic carbocycles. The summed E-state index contributed by atoms with van der Waals surface area (Å²) in [4.78, 5) is 13.2. The maximum atomic E-state index is 11.4. The summed E-state index contributed by atoms with van der Waals surface area (Å²) in [7, 11) is 1.85. The molecule has 0 radical (unpaired) electrons. The molecule has 0 spiro atoms. The predicted molar refractivity (Wildman–Crippen MR) is 68.6 cm³/mol. The number of amides is 1. The van der Waals surface area contributed by atoms with E-state index in [4.69, 9.17) is 4.42 Å². The van der Waals surface area contributed by atoms with Gasteiger partial charge in [-0.05, 0) is 41.4 Å². The van der Waals surface area contributed by atoms with Crippen molar-refractivity contribution in [1.82, 2.24) is 10.2 Å². The third-order valence-corrected chi connectivity index (χ3v) is 3.56. The van der Waals surface area contributed by atoms with E-state index >= 15 is 0 Å². The maximum absolute atomic E-state index is 11.4. The molecule has 2 atom stereocenters. The standard InChI is InChI=1S/C12H17BrN2O2/c1-8(10-4-5-11(13)17-10)14-9-3-6-12(16)15(2)7-9/h4-5,8-9,14H,3,6-7H2,1-2H3. The zero-order chi connectivity index (χ0) is 12.4. The third-order valence-electron chi connectivity index (χ3n) is 3.13. The highest BCUT2D eigenvalue weighted by atomic mass is 79.9. The van der Waals surface area contributed by atoms with Gasteiger partial charge in [0.15, 0.2) is 4.67 Å².